The van der Waals surface area contributed by atoms with Crippen molar-refractivity contribution in [2.75, 3.05) is 33.2 Å². The van der Waals surface area contributed by atoms with E-state index in [1.807, 2.05) is 0 Å². The van der Waals surface area contributed by atoms with Gasteiger partial charge in [-0.05, 0) is 0 Å². The van der Waals surface area contributed by atoms with Gasteiger partial charge >= 0.3 is 62.2 Å². The Morgan fingerprint density at radius 1 is 1.09 bits per heavy atom. The number of quaternary nitrogens is 1. The summed E-state index contributed by atoms with van der Waals surface area (Å²) in [7, 11) is 2.28. The molecule has 0 atom stereocenters. The van der Waals surface area contributed by atoms with Gasteiger partial charge in [0.2, 0.25) is 0 Å². The molecular formula is C5H12Cl3N2Ti-2. The molecular weight excluding hydrogens is 242 g/mol. The molecule has 6 heteroatoms. The fourth-order valence-electron chi connectivity index (χ4n) is 0.888. The van der Waals surface area contributed by atoms with Crippen LogP contribution in [0.5, 0.6) is 0 Å². The standard InChI is InChI=1S/C5H12N2.3ClH.Ti/c1-7-4-2-6-3-5-7;;;;/h6H,2-5H2,1H3;3*1H;/q;;;;+1/p-3. The molecule has 0 aromatic rings. The molecule has 69 valence electrons. The van der Waals surface area contributed by atoms with E-state index in [1.54, 1.807) is 0 Å². The number of piperazine rings is 1. The molecule has 0 spiro atoms. The number of hydrogen-bond acceptors (Lipinski definition) is 1. The van der Waals surface area contributed by atoms with E-state index >= 15 is 0 Å². The largest absolute Gasteiger partial charge is 1.00 e. The Bertz CT molecular complexity index is 83.8. The van der Waals surface area contributed by atoms with Crippen LogP contribution in [0.15, 0.2) is 0 Å². The molecule has 1 aliphatic rings. The van der Waals surface area contributed by atoms with Gasteiger partial charge in [-0.25, -0.2) is 0 Å². The van der Waals surface area contributed by atoms with Crippen molar-refractivity contribution in [1.29, 1.82) is 0 Å². The maximum absolute atomic E-state index is 3.32. The van der Waals surface area contributed by atoms with Crippen molar-refractivity contribution < 1.29 is 60.9 Å². The Morgan fingerprint density at radius 2 is 1.45 bits per heavy atom. The Balaban J connectivity index is -0.000000213. The maximum Gasteiger partial charge on any atom is -1.00 e. The third kappa shape index (κ3) is 7.85. The van der Waals surface area contributed by atoms with Gasteiger partial charge in [0, 0.05) is 0 Å². The van der Waals surface area contributed by atoms with Gasteiger partial charge in [0.15, 0.2) is 0 Å². The van der Waals surface area contributed by atoms with Crippen LogP contribution >= 0.6 is 0 Å². The van der Waals surface area contributed by atoms with E-state index < -0.39 is 0 Å². The third-order valence-corrected chi connectivity index (χ3v) is 2.26. The molecule has 1 saturated heterocycles. The SMILES string of the molecule is C[N+]1([Ti])CCNCC1.[Cl-].[Cl-].[Cl-]. The third-order valence-electron chi connectivity index (χ3n) is 1.56. The van der Waals surface area contributed by atoms with E-state index in [2.05, 4.69) is 33.1 Å². The van der Waals surface area contributed by atoms with Gasteiger partial charge in [0.05, 0.1) is 0 Å². The number of hydrogen-bond donors (Lipinski definition) is 1. The first kappa shape index (κ1) is 18.3. The molecule has 1 heterocycles. The summed E-state index contributed by atoms with van der Waals surface area (Å²) in [6.45, 7) is 4.93. The molecule has 1 rings (SSSR count). The molecule has 0 aromatic heterocycles. The Kier molecular flexibility index (Phi) is 13.5. The van der Waals surface area contributed by atoms with Crippen LogP contribution in [0.25, 0.3) is 0 Å². The van der Waals surface area contributed by atoms with E-state index in [0.717, 1.165) is 0 Å². The average Bonchev–Trinajstić information content (AvgIpc) is 1.65. The first-order valence-corrected chi connectivity index (χ1v) is 3.71. The van der Waals surface area contributed by atoms with Gasteiger partial charge < -0.3 is 37.2 Å². The average molecular weight is 254 g/mol. The second kappa shape index (κ2) is 8.12. The van der Waals surface area contributed by atoms with Crippen LogP contribution in [0.4, 0.5) is 0 Å². The molecule has 1 aliphatic heterocycles. The molecule has 11 heavy (non-hydrogen) atoms. The first-order chi connectivity index (χ1) is 3.71. The van der Waals surface area contributed by atoms with Crippen LogP contribution in [0.3, 0.4) is 0 Å². The van der Waals surface area contributed by atoms with Crippen molar-refractivity contribution in [1.82, 2.24) is 5.32 Å². The van der Waals surface area contributed by atoms with Gasteiger partial charge in [-0.1, -0.05) is 0 Å². The summed E-state index contributed by atoms with van der Waals surface area (Å²) in [6.07, 6.45) is 0. The summed E-state index contributed by atoms with van der Waals surface area (Å²) in [5, 5.41) is 3.32. The smallest absolute Gasteiger partial charge is 1.00 e. The van der Waals surface area contributed by atoms with Crippen LogP contribution in [-0.4, -0.2) is 36.2 Å². The molecule has 0 aliphatic carbocycles. The summed E-state index contributed by atoms with van der Waals surface area (Å²) >= 11 is 2.28. The van der Waals surface area contributed by atoms with Gasteiger partial charge in [-0.15, -0.1) is 0 Å². The van der Waals surface area contributed by atoms with Gasteiger partial charge in [0.1, 0.15) is 0 Å². The Hall–Kier alpha value is 1.50. The molecule has 0 radical (unpaired) electrons. The number of halogens is 3. The molecule has 0 amide bonds. The minimum atomic E-state index is 0. The summed E-state index contributed by atoms with van der Waals surface area (Å²) in [5.74, 6) is 0. The summed E-state index contributed by atoms with van der Waals surface area (Å²) < 4.78 is 1.19. The summed E-state index contributed by atoms with van der Waals surface area (Å²) in [4.78, 5) is 0. The minimum absolute atomic E-state index is 0. The number of nitrogens with one attached hydrogen (secondary N) is 1. The van der Waals surface area contributed by atoms with Crippen LogP contribution < -0.4 is 42.5 Å². The van der Waals surface area contributed by atoms with E-state index in [4.69, 9.17) is 0 Å². The van der Waals surface area contributed by atoms with Crippen LogP contribution in [0, 0.1) is 0 Å². The number of likely N-dealkylation sites (N-methyl/N-ethyl adjacent to an activating group) is 1. The van der Waals surface area contributed by atoms with Crippen LogP contribution in [0.1, 0.15) is 0 Å². The predicted molar refractivity (Wildman–Crippen MR) is 28.8 cm³/mol. The fourth-order valence-corrected chi connectivity index (χ4v) is 1.24. The first-order valence-electron chi connectivity index (χ1n) is 3.01. The van der Waals surface area contributed by atoms with Crippen molar-refractivity contribution >= 4 is 0 Å². The van der Waals surface area contributed by atoms with Crippen LogP contribution in [0.2, 0.25) is 0 Å². The molecule has 2 nitrogen and oxygen atoms in total. The molecule has 0 saturated carbocycles. The Labute approximate surface area is 99.0 Å². The fraction of sp³-hybridized carbons (Fsp3) is 1.00. The topological polar surface area (TPSA) is 12.0 Å². The van der Waals surface area contributed by atoms with E-state index in [1.165, 1.54) is 29.1 Å². The van der Waals surface area contributed by atoms with Crippen molar-refractivity contribution in [2.45, 2.75) is 0 Å². The van der Waals surface area contributed by atoms with E-state index in [-0.39, 0.29) is 37.2 Å². The summed E-state index contributed by atoms with van der Waals surface area (Å²) in [5.41, 5.74) is 0. The zero-order valence-corrected chi connectivity index (χ0v) is 10.2. The van der Waals surface area contributed by atoms with Gasteiger partial charge in [-0.2, -0.15) is 0 Å². The van der Waals surface area contributed by atoms with Gasteiger partial charge in [-0.3, -0.25) is 0 Å². The van der Waals surface area contributed by atoms with E-state index in [0.29, 0.717) is 0 Å². The molecule has 0 bridgehead atoms. The molecule has 0 unspecified atom stereocenters. The van der Waals surface area contributed by atoms with Gasteiger partial charge in [0.25, 0.3) is 0 Å². The van der Waals surface area contributed by atoms with Crippen molar-refractivity contribution in [2.24, 2.45) is 0 Å². The molecule has 0 aromatic carbocycles. The quantitative estimate of drug-likeness (QED) is 0.424. The monoisotopic (exact) mass is 253 g/mol. The second-order valence-corrected chi connectivity index (χ2v) is 4.28. The minimum Gasteiger partial charge on any atom is -1.00 e. The zero-order chi connectivity index (χ0) is 6.04. The molecule has 1 N–H and O–H groups in total. The second-order valence-electron chi connectivity index (χ2n) is 2.59. The van der Waals surface area contributed by atoms with Crippen molar-refractivity contribution in [3.63, 3.8) is 0 Å². The van der Waals surface area contributed by atoms with Crippen molar-refractivity contribution in [3.8, 4) is 0 Å². The molecule has 1 fully saturated rings. The number of nitrogens with zero attached hydrogens (tertiary/aromatic N) is 1. The predicted octanol–water partition coefficient (Wildman–Crippen LogP) is -9.49. The summed E-state index contributed by atoms with van der Waals surface area (Å²) in [6, 6.07) is 0. The Morgan fingerprint density at radius 3 is 1.64 bits per heavy atom. The normalized spacial score (nSPS) is 20.0. The van der Waals surface area contributed by atoms with Crippen LogP contribution in [-0.2, 0) is 20.7 Å². The number of rotatable bonds is 0. The maximum atomic E-state index is 3.32. The van der Waals surface area contributed by atoms with E-state index in [9.17, 15) is 0 Å². The zero-order valence-electron chi connectivity index (χ0n) is 6.41. The van der Waals surface area contributed by atoms with Crippen molar-refractivity contribution in [3.05, 3.63) is 0 Å².